The van der Waals surface area contributed by atoms with Gasteiger partial charge in [0.1, 0.15) is 11.4 Å². The van der Waals surface area contributed by atoms with Gasteiger partial charge in [0.15, 0.2) is 0 Å². The SMILES string of the molecule is OCc1nnn(-c2nc3c(s2)CCCC3)c1-c1cccs1. The Bertz CT molecular complexity index is 737. The number of aliphatic hydroxyl groups excluding tert-OH is 1. The Labute approximate surface area is 129 Å². The molecule has 3 aromatic heterocycles. The first-order chi connectivity index (χ1) is 10.4. The van der Waals surface area contributed by atoms with Gasteiger partial charge in [0, 0.05) is 4.88 Å². The van der Waals surface area contributed by atoms with E-state index in [-0.39, 0.29) is 6.61 Å². The van der Waals surface area contributed by atoms with Gasteiger partial charge in [-0.05, 0) is 37.1 Å². The molecule has 1 N–H and O–H groups in total. The molecule has 0 atom stereocenters. The van der Waals surface area contributed by atoms with Gasteiger partial charge in [0.25, 0.3) is 0 Å². The van der Waals surface area contributed by atoms with Crippen molar-refractivity contribution >= 4 is 22.7 Å². The summed E-state index contributed by atoms with van der Waals surface area (Å²) in [5.74, 6) is 0. The van der Waals surface area contributed by atoms with E-state index in [1.54, 1.807) is 27.4 Å². The first-order valence-corrected chi connectivity index (χ1v) is 8.64. The molecule has 0 aromatic carbocycles. The van der Waals surface area contributed by atoms with Gasteiger partial charge >= 0.3 is 0 Å². The summed E-state index contributed by atoms with van der Waals surface area (Å²) in [7, 11) is 0. The largest absolute Gasteiger partial charge is 0.390 e. The van der Waals surface area contributed by atoms with Gasteiger partial charge in [-0.3, -0.25) is 0 Å². The highest BCUT2D eigenvalue weighted by atomic mass is 32.1. The highest BCUT2D eigenvalue weighted by molar-refractivity contribution is 7.14. The number of hydrogen-bond donors (Lipinski definition) is 1. The Morgan fingerprint density at radius 1 is 1.29 bits per heavy atom. The van der Waals surface area contributed by atoms with Gasteiger partial charge in [0.2, 0.25) is 5.13 Å². The topological polar surface area (TPSA) is 63.8 Å². The van der Waals surface area contributed by atoms with Crippen LogP contribution < -0.4 is 0 Å². The lowest BCUT2D eigenvalue weighted by Crippen LogP contribution is -2.01. The van der Waals surface area contributed by atoms with Crippen LogP contribution in [0.5, 0.6) is 0 Å². The summed E-state index contributed by atoms with van der Waals surface area (Å²) >= 11 is 3.31. The monoisotopic (exact) mass is 318 g/mol. The van der Waals surface area contributed by atoms with Crippen molar-refractivity contribution in [2.45, 2.75) is 32.3 Å². The number of aromatic nitrogens is 4. The summed E-state index contributed by atoms with van der Waals surface area (Å²) in [6, 6.07) is 4.01. The van der Waals surface area contributed by atoms with Crippen LogP contribution in [0.2, 0.25) is 0 Å². The molecule has 7 heteroatoms. The molecule has 0 fully saturated rings. The van der Waals surface area contributed by atoms with Gasteiger partial charge in [-0.2, -0.15) is 4.68 Å². The molecule has 3 heterocycles. The molecule has 0 unspecified atom stereocenters. The fourth-order valence-electron chi connectivity index (χ4n) is 2.64. The summed E-state index contributed by atoms with van der Waals surface area (Å²) in [5.41, 5.74) is 2.67. The van der Waals surface area contributed by atoms with E-state index in [0.29, 0.717) is 5.69 Å². The lowest BCUT2D eigenvalue weighted by molar-refractivity contribution is 0.277. The van der Waals surface area contributed by atoms with Crippen molar-refractivity contribution in [3.05, 3.63) is 33.8 Å². The number of aryl methyl sites for hydroxylation is 2. The Morgan fingerprint density at radius 3 is 2.95 bits per heavy atom. The number of hydrogen-bond acceptors (Lipinski definition) is 6. The van der Waals surface area contributed by atoms with Crippen LogP contribution in [0.3, 0.4) is 0 Å². The first-order valence-electron chi connectivity index (χ1n) is 6.95. The van der Waals surface area contributed by atoms with Crippen molar-refractivity contribution in [2.24, 2.45) is 0 Å². The van der Waals surface area contributed by atoms with Crippen LogP contribution in [0.15, 0.2) is 17.5 Å². The smallest absolute Gasteiger partial charge is 0.212 e. The van der Waals surface area contributed by atoms with Crippen LogP contribution in [0, 0.1) is 0 Å². The normalized spacial score (nSPS) is 14.3. The van der Waals surface area contributed by atoms with Crippen LogP contribution in [0.4, 0.5) is 0 Å². The van der Waals surface area contributed by atoms with Crippen molar-refractivity contribution < 1.29 is 5.11 Å². The first kappa shape index (κ1) is 13.1. The second kappa shape index (κ2) is 5.32. The molecule has 108 valence electrons. The van der Waals surface area contributed by atoms with Crippen molar-refractivity contribution in [2.75, 3.05) is 0 Å². The molecule has 0 aliphatic heterocycles. The summed E-state index contributed by atoms with van der Waals surface area (Å²) < 4.78 is 1.78. The number of thiazole rings is 1. The summed E-state index contributed by atoms with van der Waals surface area (Å²) in [6.45, 7) is -0.113. The van der Waals surface area contributed by atoms with Crippen LogP contribution >= 0.6 is 22.7 Å². The van der Waals surface area contributed by atoms with Crippen LogP contribution in [0.25, 0.3) is 15.7 Å². The molecule has 1 aliphatic carbocycles. The maximum atomic E-state index is 9.51. The summed E-state index contributed by atoms with van der Waals surface area (Å²) in [5, 5.41) is 20.7. The van der Waals surface area contributed by atoms with Crippen molar-refractivity contribution in [1.29, 1.82) is 0 Å². The highest BCUT2D eigenvalue weighted by Gasteiger charge is 2.21. The van der Waals surface area contributed by atoms with Crippen molar-refractivity contribution in [3.63, 3.8) is 0 Å². The lowest BCUT2D eigenvalue weighted by atomic mass is 10.0. The van der Waals surface area contributed by atoms with Crippen LogP contribution in [-0.4, -0.2) is 25.1 Å². The lowest BCUT2D eigenvalue weighted by Gasteiger charge is -2.06. The quantitative estimate of drug-likeness (QED) is 0.806. The maximum Gasteiger partial charge on any atom is 0.212 e. The molecule has 0 amide bonds. The van der Waals surface area contributed by atoms with E-state index in [4.69, 9.17) is 4.98 Å². The third kappa shape index (κ3) is 2.21. The van der Waals surface area contributed by atoms with Crippen LogP contribution in [-0.2, 0) is 19.4 Å². The number of fused-ring (bicyclic) bond motifs is 1. The third-order valence-corrected chi connectivity index (χ3v) is 5.67. The second-order valence-corrected chi connectivity index (χ2v) is 7.02. The van der Waals surface area contributed by atoms with Gasteiger partial charge in [0.05, 0.1) is 17.2 Å². The molecule has 3 aromatic rings. The van der Waals surface area contributed by atoms with Gasteiger partial charge in [-0.1, -0.05) is 22.6 Å². The zero-order chi connectivity index (χ0) is 14.2. The van der Waals surface area contributed by atoms with Gasteiger partial charge < -0.3 is 5.11 Å². The van der Waals surface area contributed by atoms with Crippen LogP contribution in [0.1, 0.15) is 29.1 Å². The van der Waals surface area contributed by atoms with E-state index >= 15 is 0 Å². The Kier molecular flexibility index (Phi) is 3.33. The molecule has 4 rings (SSSR count). The average molecular weight is 318 g/mol. The second-order valence-electron chi connectivity index (χ2n) is 5.01. The molecule has 0 saturated carbocycles. The van der Waals surface area contributed by atoms with Crippen molar-refractivity contribution in [3.8, 4) is 15.7 Å². The number of rotatable bonds is 3. The molecular weight excluding hydrogens is 304 g/mol. The van der Waals surface area contributed by atoms with E-state index in [1.165, 1.54) is 23.4 Å². The molecule has 1 aliphatic rings. The summed E-state index contributed by atoms with van der Waals surface area (Å²) in [6.07, 6.45) is 4.63. The predicted molar refractivity (Wildman–Crippen MR) is 82.9 cm³/mol. The van der Waals surface area contributed by atoms with E-state index in [1.807, 2.05) is 17.5 Å². The maximum absolute atomic E-state index is 9.51. The minimum absolute atomic E-state index is 0.113. The molecule has 0 radical (unpaired) electrons. The number of aliphatic hydroxyl groups is 1. The molecular formula is C14H14N4OS2. The highest BCUT2D eigenvalue weighted by Crippen LogP contribution is 2.33. The van der Waals surface area contributed by atoms with Crippen molar-refractivity contribution in [1.82, 2.24) is 20.0 Å². The molecule has 5 nitrogen and oxygen atoms in total. The fourth-order valence-corrected chi connectivity index (χ4v) is 4.52. The van der Waals surface area contributed by atoms with Gasteiger partial charge in [-0.25, -0.2) is 4.98 Å². The molecule has 0 spiro atoms. The molecule has 21 heavy (non-hydrogen) atoms. The van der Waals surface area contributed by atoms with E-state index < -0.39 is 0 Å². The average Bonchev–Trinajstić information content (AvgIpc) is 3.23. The zero-order valence-electron chi connectivity index (χ0n) is 11.3. The van der Waals surface area contributed by atoms with Gasteiger partial charge in [-0.15, -0.1) is 16.4 Å². The fraction of sp³-hybridized carbons (Fsp3) is 0.357. The predicted octanol–water partition coefficient (Wildman–Crippen LogP) is 2.82. The Balaban J connectivity index is 1.85. The Morgan fingerprint density at radius 2 is 2.19 bits per heavy atom. The summed E-state index contributed by atoms with van der Waals surface area (Å²) in [4.78, 5) is 7.16. The molecule has 0 saturated heterocycles. The number of thiophene rings is 1. The standard InChI is InChI=1S/C14H14N4OS2/c19-8-10-13(12-6-3-7-20-12)18(17-16-10)14-15-9-4-1-2-5-11(9)21-14/h3,6-7,19H,1-2,4-5,8H2. The minimum atomic E-state index is -0.113. The van der Waals surface area contributed by atoms with E-state index in [0.717, 1.165) is 28.5 Å². The Hall–Kier alpha value is -1.57. The van der Waals surface area contributed by atoms with E-state index in [9.17, 15) is 5.11 Å². The molecule has 0 bridgehead atoms. The minimum Gasteiger partial charge on any atom is -0.390 e. The third-order valence-electron chi connectivity index (χ3n) is 3.66. The zero-order valence-corrected chi connectivity index (χ0v) is 13.0. The number of nitrogens with zero attached hydrogens (tertiary/aromatic N) is 4. The van der Waals surface area contributed by atoms with E-state index in [2.05, 4.69) is 10.3 Å².